The van der Waals surface area contributed by atoms with Crippen LogP contribution in [-0.4, -0.2) is 17.1 Å². The molecule has 0 spiro atoms. The number of hydrogen-bond donors (Lipinski definition) is 2. The molecule has 3 nitrogen and oxygen atoms in total. The molecule has 0 radical (unpaired) electrons. The van der Waals surface area contributed by atoms with Crippen LogP contribution in [0.1, 0.15) is 0 Å². The number of phenolic OH excluding ortho intramolecular Hbond substituents is 1. The van der Waals surface area contributed by atoms with Crippen LogP contribution in [0.25, 0.3) is 22.4 Å². The second kappa shape index (κ2) is 6.04. The lowest BCUT2D eigenvalue weighted by molar-refractivity contribution is 0.477. The summed E-state index contributed by atoms with van der Waals surface area (Å²) < 4.78 is 28.1. The van der Waals surface area contributed by atoms with Crippen LogP contribution in [0, 0.1) is 11.6 Å². The molecular weight excluding hydrogens is 298 g/mol. The number of aromatic hydroxyl groups is 1. The third kappa shape index (κ3) is 2.85. The minimum absolute atomic E-state index is 0.0493. The topological polar surface area (TPSA) is 45.1 Å². The number of phenols is 1. The van der Waals surface area contributed by atoms with Crippen molar-refractivity contribution in [3.05, 3.63) is 66.2 Å². The smallest absolute Gasteiger partial charge is 0.133 e. The summed E-state index contributed by atoms with van der Waals surface area (Å²) in [6.07, 6.45) is 0. The molecule has 2 aromatic carbocycles. The summed E-state index contributed by atoms with van der Waals surface area (Å²) in [6, 6.07) is 13.5. The van der Waals surface area contributed by atoms with Gasteiger partial charge in [0.25, 0.3) is 0 Å². The Kier molecular flexibility index (Phi) is 3.93. The second-order valence-corrected chi connectivity index (χ2v) is 4.99. The third-order valence-electron chi connectivity index (χ3n) is 3.51. The Morgan fingerprint density at radius 2 is 1.65 bits per heavy atom. The van der Waals surface area contributed by atoms with Gasteiger partial charge in [-0.15, -0.1) is 0 Å². The van der Waals surface area contributed by atoms with Crippen LogP contribution in [-0.2, 0) is 0 Å². The molecule has 3 aromatic rings. The maximum atomic E-state index is 14.1. The van der Waals surface area contributed by atoms with Crippen LogP contribution in [0.15, 0.2) is 54.6 Å². The van der Waals surface area contributed by atoms with Crippen LogP contribution in [0.5, 0.6) is 5.75 Å². The summed E-state index contributed by atoms with van der Waals surface area (Å²) in [6.45, 7) is 0. The molecule has 0 bridgehead atoms. The largest absolute Gasteiger partial charge is 0.507 e. The summed E-state index contributed by atoms with van der Waals surface area (Å²) in [5, 5.41) is 12.9. The van der Waals surface area contributed by atoms with Gasteiger partial charge in [-0.1, -0.05) is 18.2 Å². The first kappa shape index (κ1) is 15.0. The zero-order valence-electron chi connectivity index (χ0n) is 12.3. The lowest BCUT2D eigenvalue weighted by Gasteiger charge is -2.11. The van der Waals surface area contributed by atoms with E-state index in [-0.39, 0.29) is 11.3 Å². The van der Waals surface area contributed by atoms with Crippen molar-refractivity contribution in [2.45, 2.75) is 0 Å². The average Bonchev–Trinajstić information content (AvgIpc) is 2.55. The van der Waals surface area contributed by atoms with Crippen molar-refractivity contribution in [3.63, 3.8) is 0 Å². The van der Waals surface area contributed by atoms with Gasteiger partial charge in [0, 0.05) is 12.6 Å². The van der Waals surface area contributed by atoms with Crippen molar-refractivity contribution < 1.29 is 13.9 Å². The number of pyridine rings is 1. The van der Waals surface area contributed by atoms with Gasteiger partial charge in [0.05, 0.1) is 11.3 Å². The van der Waals surface area contributed by atoms with E-state index in [1.807, 2.05) is 0 Å². The molecular formula is C18H14F2N2O. The Morgan fingerprint density at radius 3 is 2.30 bits per heavy atom. The lowest BCUT2D eigenvalue weighted by atomic mass is 10.0. The van der Waals surface area contributed by atoms with E-state index in [1.165, 1.54) is 24.3 Å². The molecule has 3 rings (SSSR count). The molecule has 0 amide bonds. The van der Waals surface area contributed by atoms with Gasteiger partial charge in [0.1, 0.15) is 23.2 Å². The predicted octanol–water partition coefficient (Wildman–Crippen LogP) is 4.44. The number of halogens is 2. The Labute approximate surface area is 132 Å². The molecule has 0 aliphatic rings. The van der Waals surface area contributed by atoms with Crippen molar-refractivity contribution in [2.24, 2.45) is 0 Å². The van der Waals surface area contributed by atoms with Crippen LogP contribution < -0.4 is 5.32 Å². The Balaban J connectivity index is 2.24. The molecule has 0 aliphatic heterocycles. The molecule has 1 aromatic heterocycles. The minimum atomic E-state index is -0.651. The number of anilines is 1. The van der Waals surface area contributed by atoms with E-state index in [0.29, 0.717) is 22.6 Å². The quantitative estimate of drug-likeness (QED) is 0.751. The normalized spacial score (nSPS) is 10.6. The predicted molar refractivity (Wildman–Crippen MR) is 86.2 cm³/mol. The van der Waals surface area contributed by atoms with E-state index >= 15 is 0 Å². The molecule has 0 aliphatic carbocycles. The first-order chi connectivity index (χ1) is 11.1. The van der Waals surface area contributed by atoms with Gasteiger partial charge in [0.2, 0.25) is 0 Å². The van der Waals surface area contributed by atoms with Crippen molar-refractivity contribution in [1.29, 1.82) is 0 Å². The first-order valence-corrected chi connectivity index (χ1v) is 7.02. The van der Waals surface area contributed by atoms with Crippen LogP contribution in [0.3, 0.4) is 0 Å². The highest BCUT2D eigenvalue weighted by molar-refractivity contribution is 5.76. The van der Waals surface area contributed by atoms with Crippen LogP contribution in [0.2, 0.25) is 0 Å². The van der Waals surface area contributed by atoms with Gasteiger partial charge >= 0.3 is 0 Å². The number of para-hydroxylation sites is 1. The SMILES string of the molecule is CNc1cc(-c2c(F)cccc2F)cc(-c2ccccc2O)n1. The molecule has 116 valence electrons. The van der Waals surface area contributed by atoms with E-state index in [0.717, 1.165) is 0 Å². The fourth-order valence-electron chi connectivity index (χ4n) is 2.40. The van der Waals surface area contributed by atoms with Crippen LogP contribution >= 0.6 is 0 Å². The fourth-order valence-corrected chi connectivity index (χ4v) is 2.40. The number of hydrogen-bond acceptors (Lipinski definition) is 3. The monoisotopic (exact) mass is 312 g/mol. The summed E-state index contributed by atoms with van der Waals surface area (Å²) in [7, 11) is 1.67. The number of nitrogens with one attached hydrogen (secondary N) is 1. The molecule has 23 heavy (non-hydrogen) atoms. The molecule has 0 saturated heterocycles. The third-order valence-corrected chi connectivity index (χ3v) is 3.51. The second-order valence-electron chi connectivity index (χ2n) is 4.99. The van der Waals surface area contributed by atoms with Crippen molar-refractivity contribution in [1.82, 2.24) is 4.98 Å². The van der Waals surface area contributed by atoms with E-state index in [1.54, 1.807) is 37.4 Å². The number of rotatable bonds is 3. The zero-order valence-corrected chi connectivity index (χ0v) is 12.3. The summed E-state index contributed by atoms with van der Waals surface area (Å²) in [4.78, 5) is 4.35. The summed E-state index contributed by atoms with van der Waals surface area (Å²) >= 11 is 0. The fraction of sp³-hybridized carbons (Fsp3) is 0.0556. The Morgan fingerprint density at radius 1 is 0.957 bits per heavy atom. The maximum Gasteiger partial charge on any atom is 0.133 e. The standard InChI is InChI=1S/C18H14F2N2O/c1-21-17-10-11(18-13(19)6-4-7-14(18)20)9-15(22-17)12-5-2-3-8-16(12)23/h2-10,23H,1H3,(H,21,22). The van der Waals surface area contributed by atoms with Gasteiger partial charge in [-0.05, 0) is 42.0 Å². The van der Waals surface area contributed by atoms with E-state index < -0.39 is 11.6 Å². The van der Waals surface area contributed by atoms with Crippen LogP contribution in [0.4, 0.5) is 14.6 Å². The zero-order chi connectivity index (χ0) is 16.4. The van der Waals surface area contributed by atoms with Crippen molar-refractivity contribution in [2.75, 3.05) is 12.4 Å². The average molecular weight is 312 g/mol. The number of benzene rings is 2. The summed E-state index contributed by atoms with van der Waals surface area (Å²) in [5.74, 6) is -0.806. The number of aromatic nitrogens is 1. The molecule has 0 fully saturated rings. The highest BCUT2D eigenvalue weighted by Crippen LogP contribution is 2.34. The van der Waals surface area contributed by atoms with E-state index in [2.05, 4.69) is 10.3 Å². The van der Waals surface area contributed by atoms with Gasteiger partial charge in [-0.25, -0.2) is 13.8 Å². The van der Waals surface area contributed by atoms with E-state index in [9.17, 15) is 13.9 Å². The van der Waals surface area contributed by atoms with E-state index in [4.69, 9.17) is 0 Å². The highest BCUT2D eigenvalue weighted by atomic mass is 19.1. The summed E-state index contributed by atoms with van der Waals surface area (Å²) in [5.41, 5.74) is 1.14. The van der Waals surface area contributed by atoms with Gasteiger partial charge in [-0.3, -0.25) is 0 Å². The minimum Gasteiger partial charge on any atom is -0.507 e. The maximum absolute atomic E-state index is 14.1. The Bertz CT molecular complexity index is 845. The Hall–Kier alpha value is -2.95. The van der Waals surface area contributed by atoms with Crippen molar-refractivity contribution in [3.8, 4) is 28.1 Å². The highest BCUT2D eigenvalue weighted by Gasteiger charge is 2.15. The lowest BCUT2D eigenvalue weighted by Crippen LogP contribution is -1.97. The molecule has 0 atom stereocenters. The molecule has 1 heterocycles. The molecule has 2 N–H and O–H groups in total. The first-order valence-electron chi connectivity index (χ1n) is 7.02. The molecule has 0 saturated carbocycles. The molecule has 0 unspecified atom stereocenters. The van der Waals surface area contributed by atoms with Gasteiger partial charge in [0.15, 0.2) is 0 Å². The molecule has 5 heteroatoms. The number of nitrogens with zero attached hydrogens (tertiary/aromatic N) is 1. The van der Waals surface area contributed by atoms with Gasteiger partial charge in [-0.2, -0.15) is 0 Å². The van der Waals surface area contributed by atoms with Crippen molar-refractivity contribution >= 4 is 5.82 Å². The van der Waals surface area contributed by atoms with Gasteiger partial charge < -0.3 is 10.4 Å².